The molecular weight excluding hydrogens is 176 g/mol. The lowest BCUT2D eigenvalue weighted by Crippen LogP contribution is -2.10. The lowest BCUT2D eigenvalue weighted by atomic mass is 9.86. The maximum absolute atomic E-state index is 10.8. The van der Waals surface area contributed by atoms with E-state index in [9.17, 15) is 4.79 Å². The molecule has 1 aliphatic carbocycles. The standard InChI is InChI=1S/C11H16N2O/c1-13-8-12-10(7-14)11(13)9-5-3-2-4-6-9/h7-9H,2-6H2,1H3. The monoisotopic (exact) mass is 192 g/mol. The van der Waals surface area contributed by atoms with Gasteiger partial charge in [-0.05, 0) is 12.8 Å². The Morgan fingerprint density at radius 1 is 1.43 bits per heavy atom. The zero-order chi connectivity index (χ0) is 9.97. The van der Waals surface area contributed by atoms with Crippen molar-refractivity contribution in [1.29, 1.82) is 0 Å². The van der Waals surface area contributed by atoms with E-state index in [0.717, 1.165) is 12.0 Å². The molecule has 3 nitrogen and oxygen atoms in total. The normalized spacial score (nSPS) is 18.4. The van der Waals surface area contributed by atoms with E-state index >= 15 is 0 Å². The molecular formula is C11H16N2O. The van der Waals surface area contributed by atoms with Gasteiger partial charge in [0.1, 0.15) is 5.69 Å². The summed E-state index contributed by atoms with van der Waals surface area (Å²) in [6, 6.07) is 0. The second-order valence-electron chi connectivity index (χ2n) is 4.08. The molecule has 2 rings (SSSR count). The van der Waals surface area contributed by atoms with Crippen LogP contribution in [0, 0.1) is 0 Å². The molecule has 0 atom stereocenters. The molecule has 0 saturated heterocycles. The van der Waals surface area contributed by atoms with E-state index in [4.69, 9.17) is 0 Å². The molecule has 0 amide bonds. The molecule has 0 radical (unpaired) electrons. The summed E-state index contributed by atoms with van der Waals surface area (Å²) >= 11 is 0. The maximum Gasteiger partial charge on any atom is 0.170 e. The minimum absolute atomic E-state index is 0.552. The molecule has 0 aliphatic heterocycles. The highest BCUT2D eigenvalue weighted by molar-refractivity contribution is 5.73. The Hall–Kier alpha value is -1.12. The van der Waals surface area contributed by atoms with Gasteiger partial charge in [0.05, 0.1) is 12.0 Å². The Morgan fingerprint density at radius 3 is 2.79 bits per heavy atom. The fraction of sp³-hybridized carbons (Fsp3) is 0.636. The van der Waals surface area contributed by atoms with Gasteiger partial charge in [0.15, 0.2) is 6.29 Å². The second-order valence-corrected chi connectivity index (χ2v) is 4.08. The van der Waals surface area contributed by atoms with Crippen LogP contribution in [-0.4, -0.2) is 15.8 Å². The SMILES string of the molecule is Cn1cnc(C=O)c1C1CCCCC1. The van der Waals surface area contributed by atoms with Crippen molar-refractivity contribution in [2.45, 2.75) is 38.0 Å². The average Bonchev–Trinajstić information content (AvgIpc) is 2.61. The van der Waals surface area contributed by atoms with E-state index in [2.05, 4.69) is 4.98 Å². The van der Waals surface area contributed by atoms with Crippen molar-refractivity contribution in [1.82, 2.24) is 9.55 Å². The Morgan fingerprint density at radius 2 is 2.14 bits per heavy atom. The predicted molar refractivity (Wildman–Crippen MR) is 54.4 cm³/mol. The molecule has 0 aromatic carbocycles. The highest BCUT2D eigenvalue weighted by Crippen LogP contribution is 2.33. The number of carbonyl (C=O) groups is 1. The van der Waals surface area contributed by atoms with Gasteiger partial charge in [-0.15, -0.1) is 0 Å². The maximum atomic E-state index is 10.8. The Kier molecular flexibility index (Phi) is 2.66. The van der Waals surface area contributed by atoms with Crippen molar-refractivity contribution in [2.75, 3.05) is 0 Å². The summed E-state index contributed by atoms with van der Waals surface area (Å²) in [5, 5.41) is 0. The number of aryl methyl sites for hydroxylation is 1. The van der Waals surface area contributed by atoms with Crippen LogP contribution >= 0.6 is 0 Å². The van der Waals surface area contributed by atoms with Crippen LogP contribution in [0.1, 0.15) is 54.2 Å². The van der Waals surface area contributed by atoms with Gasteiger partial charge < -0.3 is 4.57 Å². The summed E-state index contributed by atoms with van der Waals surface area (Å²) in [5.41, 5.74) is 1.78. The fourth-order valence-corrected chi connectivity index (χ4v) is 2.42. The molecule has 1 saturated carbocycles. The van der Waals surface area contributed by atoms with Gasteiger partial charge in [-0.25, -0.2) is 4.98 Å². The van der Waals surface area contributed by atoms with Gasteiger partial charge in [0.25, 0.3) is 0 Å². The first kappa shape index (κ1) is 9.44. The van der Waals surface area contributed by atoms with Gasteiger partial charge in [0.2, 0.25) is 0 Å². The quantitative estimate of drug-likeness (QED) is 0.674. The molecule has 1 aliphatic rings. The lowest BCUT2D eigenvalue weighted by Gasteiger charge is -2.22. The van der Waals surface area contributed by atoms with E-state index < -0.39 is 0 Å². The molecule has 1 heterocycles. The van der Waals surface area contributed by atoms with Crippen molar-refractivity contribution in [3.8, 4) is 0 Å². The molecule has 1 aromatic rings. The largest absolute Gasteiger partial charge is 0.337 e. The van der Waals surface area contributed by atoms with Crippen molar-refractivity contribution in [2.24, 2.45) is 7.05 Å². The highest BCUT2D eigenvalue weighted by Gasteiger charge is 2.21. The minimum atomic E-state index is 0.552. The highest BCUT2D eigenvalue weighted by atomic mass is 16.1. The van der Waals surface area contributed by atoms with Crippen LogP contribution in [-0.2, 0) is 7.05 Å². The first-order valence-corrected chi connectivity index (χ1v) is 5.29. The molecule has 1 aromatic heterocycles. The predicted octanol–water partition coefficient (Wildman–Crippen LogP) is 2.28. The van der Waals surface area contributed by atoms with Gasteiger partial charge in [-0.1, -0.05) is 19.3 Å². The molecule has 0 N–H and O–H groups in total. The minimum Gasteiger partial charge on any atom is -0.337 e. The van der Waals surface area contributed by atoms with Gasteiger partial charge in [-0.2, -0.15) is 0 Å². The molecule has 3 heteroatoms. The molecule has 76 valence electrons. The molecule has 0 spiro atoms. The number of rotatable bonds is 2. The summed E-state index contributed by atoms with van der Waals surface area (Å²) in [6.07, 6.45) is 8.95. The molecule has 14 heavy (non-hydrogen) atoms. The van der Waals surface area contributed by atoms with E-state index in [1.807, 2.05) is 11.6 Å². The van der Waals surface area contributed by atoms with Crippen molar-refractivity contribution in [3.05, 3.63) is 17.7 Å². The van der Waals surface area contributed by atoms with Crippen molar-refractivity contribution >= 4 is 6.29 Å². The number of aromatic nitrogens is 2. The third-order valence-corrected chi connectivity index (χ3v) is 3.12. The number of hydrogen-bond donors (Lipinski definition) is 0. The fourth-order valence-electron chi connectivity index (χ4n) is 2.42. The van der Waals surface area contributed by atoms with Crippen LogP contribution in [0.5, 0.6) is 0 Å². The molecule has 0 bridgehead atoms. The number of hydrogen-bond acceptors (Lipinski definition) is 2. The van der Waals surface area contributed by atoms with Crippen LogP contribution in [0.4, 0.5) is 0 Å². The summed E-state index contributed by atoms with van der Waals surface area (Å²) in [4.78, 5) is 14.9. The summed E-state index contributed by atoms with van der Waals surface area (Å²) in [7, 11) is 1.98. The second kappa shape index (κ2) is 3.95. The first-order chi connectivity index (χ1) is 6.83. The number of aldehydes is 1. The van der Waals surface area contributed by atoms with Gasteiger partial charge in [-0.3, -0.25) is 4.79 Å². The third kappa shape index (κ3) is 1.59. The van der Waals surface area contributed by atoms with Crippen LogP contribution < -0.4 is 0 Å². The van der Waals surface area contributed by atoms with Crippen LogP contribution in [0.15, 0.2) is 6.33 Å². The van der Waals surface area contributed by atoms with Crippen molar-refractivity contribution in [3.63, 3.8) is 0 Å². The van der Waals surface area contributed by atoms with Crippen molar-refractivity contribution < 1.29 is 4.79 Å². The Labute approximate surface area is 84.1 Å². The lowest BCUT2D eigenvalue weighted by molar-refractivity contribution is 0.111. The number of imidazole rings is 1. The first-order valence-electron chi connectivity index (χ1n) is 5.29. The van der Waals surface area contributed by atoms with Crippen LogP contribution in [0.3, 0.4) is 0 Å². The zero-order valence-corrected chi connectivity index (χ0v) is 8.57. The topological polar surface area (TPSA) is 34.9 Å². The smallest absolute Gasteiger partial charge is 0.170 e. The Bertz CT molecular complexity index is 324. The van der Waals surface area contributed by atoms with E-state index in [-0.39, 0.29) is 0 Å². The Balaban J connectivity index is 2.28. The molecule has 1 fully saturated rings. The van der Waals surface area contributed by atoms with E-state index in [1.54, 1.807) is 6.33 Å². The third-order valence-electron chi connectivity index (χ3n) is 3.12. The van der Waals surface area contributed by atoms with Gasteiger partial charge >= 0.3 is 0 Å². The van der Waals surface area contributed by atoms with Crippen LogP contribution in [0.2, 0.25) is 0 Å². The summed E-state index contributed by atoms with van der Waals surface area (Å²) in [5.74, 6) is 0.552. The summed E-state index contributed by atoms with van der Waals surface area (Å²) in [6.45, 7) is 0. The zero-order valence-electron chi connectivity index (χ0n) is 8.57. The van der Waals surface area contributed by atoms with Gasteiger partial charge in [0, 0.05) is 13.0 Å². The van der Waals surface area contributed by atoms with E-state index in [0.29, 0.717) is 11.6 Å². The number of nitrogens with zero attached hydrogens (tertiary/aromatic N) is 2. The summed E-state index contributed by atoms with van der Waals surface area (Å²) < 4.78 is 2.00. The number of carbonyl (C=O) groups excluding carboxylic acids is 1. The van der Waals surface area contributed by atoms with E-state index in [1.165, 1.54) is 32.1 Å². The molecule has 0 unspecified atom stereocenters. The average molecular weight is 192 g/mol. The van der Waals surface area contributed by atoms with Crippen LogP contribution in [0.25, 0.3) is 0 Å².